The van der Waals surface area contributed by atoms with Gasteiger partial charge in [0, 0.05) is 16.8 Å². The Bertz CT molecular complexity index is 1710. The Kier molecular flexibility index (Phi) is 6.27. The number of para-hydroxylation sites is 1. The molecule has 0 aliphatic carbocycles. The number of pyridine rings is 2. The summed E-state index contributed by atoms with van der Waals surface area (Å²) in [5.74, 6) is -0.614. The first-order valence-electron chi connectivity index (χ1n) is 11.4. The van der Waals surface area contributed by atoms with E-state index in [1.54, 1.807) is 10.7 Å². The van der Waals surface area contributed by atoms with Crippen LogP contribution in [-0.4, -0.2) is 19.7 Å². The van der Waals surface area contributed by atoms with Crippen LogP contribution in [0.25, 0.3) is 38.6 Å². The molecule has 0 spiro atoms. The molecule has 36 heavy (non-hydrogen) atoms. The second-order valence-corrected chi connectivity index (χ2v) is 9.01. The zero-order valence-electron chi connectivity index (χ0n) is 19.6. The Morgan fingerprint density at radius 3 is 2.50 bits per heavy atom. The smallest absolute Gasteiger partial charge is 0.356 e. The summed E-state index contributed by atoms with van der Waals surface area (Å²) in [6.07, 6.45) is 1.38. The van der Waals surface area contributed by atoms with Gasteiger partial charge in [0.1, 0.15) is 5.95 Å². The summed E-state index contributed by atoms with van der Waals surface area (Å²) in [7, 11) is 0. The first kappa shape index (κ1) is 24.0. The molecule has 0 aliphatic rings. The van der Waals surface area contributed by atoms with Gasteiger partial charge in [-0.3, -0.25) is 9.07 Å². The van der Waals surface area contributed by atoms with Crippen molar-refractivity contribution in [2.75, 3.05) is 0 Å². The second kappa shape index (κ2) is 9.40. The third kappa shape index (κ3) is 4.04. The van der Waals surface area contributed by atoms with Gasteiger partial charge < -0.3 is 9.97 Å². The summed E-state index contributed by atoms with van der Waals surface area (Å²) in [5, 5.41) is 8.09. The van der Waals surface area contributed by atoms with Gasteiger partial charge in [0.25, 0.3) is 0 Å². The van der Waals surface area contributed by atoms with E-state index in [4.69, 9.17) is 10.1 Å². The molecule has 3 aromatic carbocycles. The number of fused-ring (bicyclic) bond motifs is 2. The Balaban J connectivity index is 0.00000267. The molecule has 0 amide bonds. The number of benzene rings is 3. The standard InChI is InChI=1S/C30H21FN4.Pt/c1-30(2,27-15-7-12-24(33-27)22-17-16-20-9-3-4-10-21(20)19-22)28-23-11-5-6-13-25(23)35(34-28)26-14-8-18-32-29(26)31;/h3-13,15-16,18-19H,1-2H3;/q-2;+2. The van der Waals surface area contributed by atoms with E-state index in [2.05, 4.69) is 49.2 Å². The van der Waals surface area contributed by atoms with Crippen molar-refractivity contribution in [3.63, 3.8) is 0 Å². The number of hydrogen-bond acceptors (Lipinski definition) is 3. The van der Waals surface area contributed by atoms with Crippen molar-refractivity contribution in [1.82, 2.24) is 19.7 Å². The molecule has 0 atom stereocenters. The van der Waals surface area contributed by atoms with Gasteiger partial charge in [-0.15, -0.1) is 29.1 Å². The van der Waals surface area contributed by atoms with Gasteiger partial charge in [-0.2, -0.15) is 17.2 Å². The van der Waals surface area contributed by atoms with Gasteiger partial charge in [0.2, 0.25) is 0 Å². The molecule has 3 aromatic heterocycles. The first-order valence-corrected chi connectivity index (χ1v) is 11.4. The van der Waals surface area contributed by atoms with E-state index < -0.39 is 11.4 Å². The van der Waals surface area contributed by atoms with E-state index in [9.17, 15) is 4.39 Å². The Hall–Kier alpha value is -3.69. The molecule has 3 heterocycles. The Morgan fingerprint density at radius 2 is 1.67 bits per heavy atom. The topological polar surface area (TPSA) is 43.6 Å². The van der Waals surface area contributed by atoms with E-state index in [1.807, 2.05) is 60.7 Å². The molecular formula is C30H21FN4Pt. The van der Waals surface area contributed by atoms with Crippen LogP contribution in [0.15, 0.2) is 91.1 Å². The molecule has 6 rings (SSSR count). The van der Waals surface area contributed by atoms with Gasteiger partial charge in [-0.25, -0.2) is 0 Å². The van der Waals surface area contributed by atoms with Crippen LogP contribution >= 0.6 is 0 Å². The number of nitrogens with zero attached hydrogens (tertiary/aromatic N) is 4. The predicted octanol–water partition coefficient (Wildman–Crippen LogP) is 6.70. The van der Waals surface area contributed by atoms with Crippen molar-refractivity contribution in [2.45, 2.75) is 19.3 Å². The fourth-order valence-corrected chi connectivity index (χ4v) is 4.52. The van der Waals surface area contributed by atoms with Crippen LogP contribution in [0, 0.1) is 18.1 Å². The minimum atomic E-state index is -0.614. The van der Waals surface area contributed by atoms with Crippen LogP contribution in [0.5, 0.6) is 0 Å². The van der Waals surface area contributed by atoms with Gasteiger partial charge in [0.15, 0.2) is 0 Å². The molecule has 0 saturated carbocycles. The van der Waals surface area contributed by atoms with Crippen LogP contribution in [0.4, 0.5) is 4.39 Å². The third-order valence-corrected chi connectivity index (χ3v) is 6.41. The van der Waals surface area contributed by atoms with Crippen LogP contribution in [0.2, 0.25) is 0 Å². The van der Waals surface area contributed by atoms with E-state index in [0.29, 0.717) is 0 Å². The zero-order chi connectivity index (χ0) is 24.0. The Morgan fingerprint density at radius 1 is 0.889 bits per heavy atom. The molecule has 178 valence electrons. The number of hydrogen-bond donors (Lipinski definition) is 0. The third-order valence-electron chi connectivity index (χ3n) is 6.41. The molecule has 0 radical (unpaired) electrons. The SMILES string of the molecule is CC(C)(c1cccc(-c2[c-]cc3ccccc3c2)n1)c1nn(-c2[c-]ccnc2F)c2ccccc12.[Pt+2]. The summed E-state index contributed by atoms with van der Waals surface area (Å²) in [4.78, 5) is 8.81. The number of rotatable bonds is 4. The van der Waals surface area contributed by atoms with Crippen LogP contribution in [0.3, 0.4) is 0 Å². The van der Waals surface area contributed by atoms with Crippen molar-refractivity contribution in [3.05, 3.63) is 121 Å². The van der Waals surface area contributed by atoms with Crippen molar-refractivity contribution in [3.8, 4) is 16.9 Å². The average Bonchev–Trinajstić information content (AvgIpc) is 3.29. The average molecular weight is 652 g/mol. The molecule has 0 bridgehead atoms. The monoisotopic (exact) mass is 651 g/mol. The number of aromatic nitrogens is 4. The minimum Gasteiger partial charge on any atom is -0.356 e. The zero-order valence-corrected chi connectivity index (χ0v) is 21.9. The maximum atomic E-state index is 14.6. The predicted molar refractivity (Wildman–Crippen MR) is 136 cm³/mol. The molecular weight excluding hydrogens is 630 g/mol. The van der Waals surface area contributed by atoms with E-state index in [-0.39, 0.29) is 26.8 Å². The summed E-state index contributed by atoms with van der Waals surface area (Å²) >= 11 is 0. The van der Waals surface area contributed by atoms with Gasteiger partial charge in [-0.1, -0.05) is 66.2 Å². The summed E-state index contributed by atoms with van der Waals surface area (Å²) in [6.45, 7) is 4.18. The Labute approximate surface area is 223 Å². The normalized spacial score (nSPS) is 11.5. The minimum absolute atomic E-state index is 0. The molecule has 4 nitrogen and oxygen atoms in total. The van der Waals surface area contributed by atoms with Crippen molar-refractivity contribution in [1.29, 1.82) is 0 Å². The largest absolute Gasteiger partial charge is 2.00 e. The van der Waals surface area contributed by atoms with Crippen molar-refractivity contribution in [2.24, 2.45) is 0 Å². The van der Waals surface area contributed by atoms with E-state index >= 15 is 0 Å². The maximum Gasteiger partial charge on any atom is 2.00 e. The van der Waals surface area contributed by atoms with Crippen LogP contribution in [0.1, 0.15) is 25.2 Å². The first-order chi connectivity index (χ1) is 17.0. The summed E-state index contributed by atoms with van der Waals surface area (Å²) in [6, 6.07) is 34.1. The van der Waals surface area contributed by atoms with Gasteiger partial charge in [-0.05, 0) is 31.7 Å². The maximum absolute atomic E-state index is 14.6. The van der Waals surface area contributed by atoms with Gasteiger partial charge in [0.05, 0.1) is 16.6 Å². The molecule has 6 aromatic rings. The van der Waals surface area contributed by atoms with Crippen LogP contribution in [-0.2, 0) is 26.5 Å². The van der Waals surface area contributed by atoms with Crippen molar-refractivity contribution < 1.29 is 25.5 Å². The van der Waals surface area contributed by atoms with Crippen molar-refractivity contribution >= 4 is 21.7 Å². The van der Waals surface area contributed by atoms with Crippen LogP contribution < -0.4 is 0 Å². The number of halogens is 1. The van der Waals surface area contributed by atoms with E-state index in [0.717, 1.165) is 44.3 Å². The molecule has 6 heteroatoms. The molecule has 0 N–H and O–H groups in total. The molecule has 0 aliphatic heterocycles. The molecule has 0 unspecified atom stereocenters. The fraction of sp³-hybridized carbons (Fsp3) is 0.100. The quantitative estimate of drug-likeness (QED) is 0.158. The van der Waals surface area contributed by atoms with Gasteiger partial charge >= 0.3 is 21.1 Å². The van der Waals surface area contributed by atoms with E-state index in [1.165, 1.54) is 6.20 Å². The fourth-order valence-electron chi connectivity index (χ4n) is 4.52. The summed E-state index contributed by atoms with van der Waals surface area (Å²) in [5.41, 5.74) is 3.87. The summed E-state index contributed by atoms with van der Waals surface area (Å²) < 4.78 is 16.1. The molecule has 0 fully saturated rings. The molecule has 0 saturated heterocycles. The second-order valence-electron chi connectivity index (χ2n) is 9.01.